The zero-order valence-corrected chi connectivity index (χ0v) is 17.3. The van der Waals surface area contributed by atoms with Gasteiger partial charge in [0.25, 0.3) is 5.91 Å². The lowest BCUT2D eigenvalue weighted by Gasteiger charge is -2.31. The van der Waals surface area contributed by atoms with Crippen molar-refractivity contribution in [1.82, 2.24) is 10.4 Å². The molecule has 30 heavy (non-hydrogen) atoms. The standard InChI is InChI=1S/C23H29N3O4/c1-2-29-23(28)18-11-13-26(14-12-18)25-22(27)21(24)16-17-7-6-10-20(15-17)30-19-8-4-3-5-9-19/h3-10,15,18,21H,2,11-14,16,24H2,1H3,(H,25,27). The molecule has 7 heteroatoms. The molecule has 1 heterocycles. The Hall–Kier alpha value is -2.90. The van der Waals surface area contributed by atoms with E-state index in [2.05, 4.69) is 5.43 Å². The van der Waals surface area contributed by atoms with Crippen LogP contribution in [0.2, 0.25) is 0 Å². The fraction of sp³-hybridized carbons (Fsp3) is 0.391. The van der Waals surface area contributed by atoms with E-state index in [0.29, 0.717) is 44.7 Å². The van der Waals surface area contributed by atoms with Gasteiger partial charge in [0.2, 0.25) is 0 Å². The van der Waals surface area contributed by atoms with Crippen molar-refractivity contribution in [3.8, 4) is 11.5 Å². The van der Waals surface area contributed by atoms with Crippen LogP contribution in [0.3, 0.4) is 0 Å². The number of nitrogens with two attached hydrogens (primary N) is 1. The molecule has 160 valence electrons. The second kappa shape index (κ2) is 10.8. The summed E-state index contributed by atoms with van der Waals surface area (Å²) in [6.45, 7) is 3.39. The second-order valence-corrected chi connectivity index (χ2v) is 7.36. The van der Waals surface area contributed by atoms with Gasteiger partial charge in [-0.15, -0.1) is 0 Å². The highest BCUT2D eigenvalue weighted by molar-refractivity contribution is 5.81. The van der Waals surface area contributed by atoms with Crippen LogP contribution in [-0.4, -0.2) is 42.6 Å². The normalized spacial score (nSPS) is 15.9. The van der Waals surface area contributed by atoms with Crippen molar-refractivity contribution >= 4 is 11.9 Å². The minimum atomic E-state index is -0.681. The molecule has 1 aliphatic rings. The van der Waals surface area contributed by atoms with Gasteiger partial charge in [0, 0.05) is 13.1 Å². The minimum absolute atomic E-state index is 0.0980. The largest absolute Gasteiger partial charge is 0.466 e. The highest BCUT2D eigenvalue weighted by Gasteiger charge is 2.27. The number of rotatable bonds is 8. The Morgan fingerprint density at radius 1 is 1.10 bits per heavy atom. The lowest BCUT2D eigenvalue weighted by molar-refractivity contribution is -0.150. The highest BCUT2D eigenvalue weighted by atomic mass is 16.5. The number of hydrazine groups is 1. The van der Waals surface area contributed by atoms with E-state index in [0.717, 1.165) is 11.3 Å². The number of amides is 1. The molecule has 1 atom stereocenters. The molecule has 7 nitrogen and oxygen atoms in total. The lowest BCUT2D eigenvalue weighted by atomic mass is 9.98. The average molecular weight is 412 g/mol. The van der Waals surface area contributed by atoms with Gasteiger partial charge in [-0.2, -0.15) is 0 Å². The summed E-state index contributed by atoms with van der Waals surface area (Å²) in [5.74, 6) is 0.964. The van der Waals surface area contributed by atoms with Crippen LogP contribution in [0.4, 0.5) is 0 Å². The monoisotopic (exact) mass is 411 g/mol. The third-order valence-corrected chi connectivity index (χ3v) is 5.05. The first kappa shape index (κ1) is 21.8. The molecular weight excluding hydrogens is 382 g/mol. The van der Waals surface area contributed by atoms with E-state index in [-0.39, 0.29) is 17.8 Å². The topological polar surface area (TPSA) is 93.9 Å². The zero-order valence-electron chi connectivity index (χ0n) is 17.3. The number of benzene rings is 2. The third-order valence-electron chi connectivity index (χ3n) is 5.05. The number of carbonyl (C=O) groups excluding carboxylic acids is 2. The molecule has 0 saturated carbocycles. The number of hydrogen-bond acceptors (Lipinski definition) is 6. The third kappa shape index (κ3) is 6.30. The van der Waals surface area contributed by atoms with E-state index in [1.807, 2.05) is 59.6 Å². The molecule has 1 fully saturated rings. The zero-order chi connectivity index (χ0) is 21.3. The van der Waals surface area contributed by atoms with Gasteiger partial charge in [-0.1, -0.05) is 30.3 Å². The van der Waals surface area contributed by atoms with E-state index >= 15 is 0 Å². The minimum Gasteiger partial charge on any atom is -0.466 e. The van der Waals surface area contributed by atoms with Crippen molar-refractivity contribution in [2.24, 2.45) is 11.7 Å². The van der Waals surface area contributed by atoms with Crippen molar-refractivity contribution in [3.63, 3.8) is 0 Å². The summed E-state index contributed by atoms with van der Waals surface area (Å²) in [5, 5.41) is 1.83. The van der Waals surface area contributed by atoms with Crippen molar-refractivity contribution in [1.29, 1.82) is 0 Å². The molecule has 1 amide bonds. The molecule has 0 radical (unpaired) electrons. The predicted octanol–water partition coefficient (Wildman–Crippen LogP) is 2.66. The first-order chi connectivity index (χ1) is 14.5. The highest BCUT2D eigenvalue weighted by Crippen LogP contribution is 2.22. The molecular formula is C23H29N3O4. The van der Waals surface area contributed by atoms with Crippen LogP contribution in [0, 0.1) is 5.92 Å². The molecule has 1 aliphatic heterocycles. The maximum atomic E-state index is 12.5. The molecule has 1 saturated heterocycles. The van der Waals surface area contributed by atoms with Crippen LogP contribution >= 0.6 is 0 Å². The summed E-state index contributed by atoms with van der Waals surface area (Å²) >= 11 is 0. The SMILES string of the molecule is CCOC(=O)C1CCN(NC(=O)C(N)Cc2cccc(Oc3ccccc3)c2)CC1. The number of para-hydroxylation sites is 1. The summed E-state index contributed by atoms with van der Waals surface area (Å²) in [7, 11) is 0. The van der Waals surface area contributed by atoms with E-state index in [1.54, 1.807) is 6.92 Å². The van der Waals surface area contributed by atoms with Crippen LogP contribution in [0.25, 0.3) is 0 Å². The summed E-state index contributed by atoms with van der Waals surface area (Å²) in [5.41, 5.74) is 9.92. The molecule has 2 aromatic carbocycles. The Bertz CT molecular complexity index is 835. The van der Waals surface area contributed by atoms with Crippen LogP contribution < -0.4 is 15.9 Å². The molecule has 0 spiro atoms. The number of esters is 1. The molecule has 3 rings (SSSR count). The summed E-state index contributed by atoms with van der Waals surface area (Å²) in [6, 6.07) is 16.4. The van der Waals surface area contributed by atoms with Gasteiger partial charge in [-0.3, -0.25) is 15.0 Å². The summed E-state index contributed by atoms with van der Waals surface area (Å²) in [4.78, 5) is 24.3. The number of carbonyl (C=O) groups is 2. The van der Waals surface area contributed by atoms with Gasteiger partial charge in [-0.25, -0.2) is 5.01 Å². The van der Waals surface area contributed by atoms with Crippen molar-refractivity contribution in [2.75, 3.05) is 19.7 Å². The van der Waals surface area contributed by atoms with Crippen LogP contribution in [0.5, 0.6) is 11.5 Å². The Morgan fingerprint density at radius 3 is 2.50 bits per heavy atom. The fourth-order valence-corrected chi connectivity index (χ4v) is 3.43. The van der Waals surface area contributed by atoms with Crippen LogP contribution in [-0.2, 0) is 20.7 Å². The first-order valence-electron chi connectivity index (χ1n) is 10.3. The first-order valence-corrected chi connectivity index (χ1v) is 10.3. The van der Waals surface area contributed by atoms with Gasteiger partial charge in [0.15, 0.2) is 0 Å². The Kier molecular flexibility index (Phi) is 7.82. The quantitative estimate of drug-likeness (QED) is 0.649. The maximum Gasteiger partial charge on any atom is 0.309 e. The number of ether oxygens (including phenoxy) is 2. The lowest BCUT2D eigenvalue weighted by Crippen LogP contribution is -2.53. The van der Waals surface area contributed by atoms with Crippen LogP contribution in [0.15, 0.2) is 54.6 Å². The van der Waals surface area contributed by atoms with Gasteiger partial charge in [0.1, 0.15) is 11.5 Å². The second-order valence-electron chi connectivity index (χ2n) is 7.36. The van der Waals surface area contributed by atoms with E-state index in [4.69, 9.17) is 15.2 Å². The fourth-order valence-electron chi connectivity index (χ4n) is 3.43. The van der Waals surface area contributed by atoms with Crippen molar-refractivity contribution in [3.05, 3.63) is 60.2 Å². The predicted molar refractivity (Wildman–Crippen MR) is 114 cm³/mol. The van der Waals surface area contributed by atoms with Gasteiger partial charge < -0.3 is 15.2 Å². The molecule has 1 unspecified atom stereocenters. The number of hydrogen-bond donors (Lipinski definition) is 2. The van der Waals surface area contributed by atoms with Gasteiger partial charge in [0.05, 0.1) is 18.6 Å². The Balaban J connectivity index is 1.48. The smallest absolute Gasteiger partial charge is 0.309 e. The Morgan fingerprint density at radius 2 is 1.80 bits per heavy atom. The summed E-state index contributed by atoms with van der Waals surface area (Å²) in [6.07, 6.45) is 1.72. The number of piperidine rings is 1. The van der Waals surface area contributed by atoms with E-state index < -0.39 is 6.04 Å². The maximum absolute atomic E-state index is 12.5. The molecule has 2 aromatic rings. The van der Waals surface area contributed by atoms with Gasteiger partial charge in [-0.05, 0) is 56.0 Å². The Labute approximate surface area is 177 Å². The number of nitrogens with zero attached hydrogens (tertiary/aromatic N) is 1. The number of nitrogens with one attached hydrogen (secondary N) is 1. The van der Waals surface area contributed by atoms with E-state index in [1.165, 1.54) is 0 Å². The molecule has 3 N–H and O–H groups in total. The van der Waals surface area contributed by atoms with Gasteiger partial charge >= 0.3 is 5.97 Å². The van der Waals surface area contributed by atoms with Crippen molar-refractivity contribution < 1.29 is 19.1 Å². The van der Waals surface area contributed by atoms with E-state index in [9.17, 15) is 9.59 Å². The van der Waals surface area contributed by atoms with Crippen molar-refractivity contribution in [2.45, 2.75) is 32.2 Å². The van der Waals surface area contributed by atoms with Crippen LogP contribution in [0.1, 0.15) is 25.3 Å². The molecule has 0 aliphatic carbocycles. The molecule has 0 bridgehead atoms. The average Bonchev–Trinajstić information content (AvgIpc) is 2.75. The molecule has 0 aromatic heterocycles. The summed E-state index contributed by atoms with van der Waals surface area (Å²) < 4.78 is 10.9.